The molecule has 5 heterocycles. The zero-order chi connectivity index (χ0) is 28.6. The van der Waals surface area contributed by atoms with Gasteiger partial charge in [-0.15, -0.1) is 0 Å². The van der Waals surface area contributed by atoms with Crippen LogP contribution >= 0.6 is 0 Å². The van der Waals surface area contributed by atoms with Crippen LogP contribution in [-0.2, 0) is 38.6 Å². The van der Waals surface area contributed by atoms with Gasteiger partial charge in [0, 0.05) is 34.2 Å². The Morgan fingerprint density at radius 3 is 1.73 bits per heavy atom. The van der Waals surface area contributed by atoms with Crippen LogP contribution in [0.4, 0.5) is 0 Å². The van der Waals surface area contributed by atoms with Crippen LogP contribution in [0.5, 0.6) is 0 Å². The predicted molar refractivity (Wildman–Crippen MR) is 182 cm³/mol. The summed E-state index contributed by atoms with van der Waals surface area (Å²) >= 11 is 0. The van der Waals surface area contributed by atoms with Gasteiger partial charge in [-0.1, -0.05) is 48.5 Å². The molecule has 2 radical (unpaired) electrons. The molecule has 1 N–H and O–H groups in total. The summed E-state index contributed by atoms with van der Waals surface area (Å²) in [7, 11) is 0. The second kappa shape index (κ2) is 13.1. The Balaban J connectivity index is 0.00000387. The van der Waals surface area contributed by atoms with Crippen LogP contribution in [0.1, 0.15) is 119 Å². The number of aryl methyl sites for hydroxylation is 6. The molecule has 0 fully saturated rings. The summed E-state index contributed by atoms with van der Waals surface area (Å²) < 4.78 is 2.55. The number of rotatable bonds is 8. The molecule has 0 atom stereocenters. The number of hydrogen-bond donors (Lipinski definition) is 1. The van der Waals surface area contributed by atoms with E-state index in [2.05, 4.69) is 95.3 Å². The maximum atomic E-state index is 5.61. The first-order valence-electron chi connectivity index (χ1n) is 15.7. The molecule has 216 valence electrons. The fourth-order valence-corrected chi connectivity index (χ4v) is 7.06. The normalized spacial score (nSPS) is 12.8. The Hall–Kier alpha value is -2.60. The van der Waals surface area contributed by atoms with Gasteiger partial charge in [-0.05, 0) is 110 Å². The van der Waals surface area contributed by atoms with Gasteiger partial charge in [0.2, 0.25) is 0 Å². The third kappa shape index (κ3) is 5.26. The van der Waals surface area contributed by atoms with Gasteiger partial charge < -0.3 is 9.55 Å². The molecule has 0 saturated heterocycles. The average Bonchev–Trinajstić information content (AvgIpc) is 3.73. The van der Waals surface area contributed by atoms with E-state index in [0.29, 0.717) is 0 Å². The number of allylic oxidation sites excluding steroid dienone is 2. The maximum absolute atomic E-state index is 5.61. The van der Waals surface area contributed by atoms with Crippen LogP contribution in [0.15, 0.2) is 18.2 Å². The molecule has 2 aliphatic rings. The van der Waals surface area contributed by atoms with Crippen molar-refractivity contribution in [1.82, 2.24) is 19.5 Å². The Morgan fingerprint density at radius 1 is 0.610 bits per heavy atom. The van der Waals surface area contributed by atoms with Crippen LogP contribution < -0.4 is 0 Å². The summed E-state index contributed by atoms with van der Waals surface area (Å²) in [5, 5.41) is 0. The molecule has 2 aliphatic heterocycles. The first-order valence-corrected chi connectivity index (χ1v) is 15.7. The Kier molecular flexibility index (Phi) is 10.0. The molecular weight excluding hydrogens is 607 g/mol. The molecule has 0 aromatic carbocycles. The Bertz CT molecular complexity index is 1680. The SMILES string of the molecule is CCC1=C(CC)c2nc1c(CC)c1[nH]c(cc3nc(cc4c(CC)c(CC)c(c2CC)n4CC)C=C3)cc1CC.[SnH2]. The number of hydrogen-bond acceptors (Lipinski definition) is 2. The van der Waals surface area contributed by atoms with E-state index < -0.39 is 0 Å². The van der Waals surface area contributed by atoms with Gasteiger partial charge in [0.1, 0.15) is 0 Å². The van der Waals surface area contributed by atoms with E-state index in [0.717, 1.165) is 68.4 Å². The summed E-state index contributed by atoms with van der Waals surface area (Å²) in [6.07, 6.45) is 11.2. The van der Waals surface area contributed by atoms with E-state index >= 15 is 0 Å². The monoisotopic (exact) mass is 656 g/mol. The minimum absolute atomic E-state index is 0. The first-order chi connectivity index (χ1) is 19.5. The van der Waals surface area contributed by atoms with E-state index in [1.54, 1.807) is 0 Å². The van der Waals surface area contributed by atoms with Crippen molar-refractivity contribution in [3.63, 3.8) is 0 Å². The van der Waals surface area contributed by atoms with Gasteiger partial charge in [0.15, 0.2) is 0 Å². The Morgan fingerprint density at radius 2 is 1.20 bits per heavy atom. The molecule has 0 aliphatic carbocycles. The fraction of sp³-hybridized carbons (Fsp3) is 0.444. The first kappa shape index (κ1) is 31.3. The van der Waals surface area contributed by atoms with E-state index in [4.69, 9.17) is 9.97 Å². The van der Waals surface area contributed by atoms with Crippen LogP contribution in [0, 0.1) is 0 Å². The summed E-state index contributed by atoms with van der Waals surface area (Å²) in [5.74, 6) is 0. The second-order valence-electron chi connectivity index (χ2n) is 10.8. The van der Waals surface area contributed by atoms with E-state index in [-0.39, 0.29) is 23.9 Å². The standard InChI is InChI=1S/C36H46N4.Sn.2H/c1-9-22-19-25-20-23-17-18-24(37-23)21-32-26(10-2)29(13-5)36(40(32)16-8)31(15-7)35-28(12-4)27(11-3)34(39-35)30(14-6)33(22)38-25;;;/h17-21,38H,9-16H2,1-8H3;;;. The summed E-state index contributed by atoms with van der Waals surface area (Å²) in [6.45, 7) is 19.2. The van der Waals surface area contributed by atoms with E-state index in [1.807, 2.05) is 0 Å². The molecule has 3 aromatic rings. The third-order valence-corrected chi connectivity index (χ3v) is 8.85. The van der Waals surface area contributed by atoms with Gasteiger partial charge in [0.05, 0.1) is 28.3 Å². The molecular formula is C36H48N4Sn. The molecule has 0 unspecified atom stereocenters. The third-order valence-electron chi connectivity index (χ3n) is 8.85. The number of nitrogens with zero attached hydrogens (tertiary/aromatic N) is 3. The summed E-state index contributed by atoms with van der Waals surface area (Å²) in [6, 6.07) is 6.80. The molecule has 0 saturated carbocycles. The molecule has 4 nitrogen and oxygen atoms in total. The topological polar surface area (TPSA) is 46.5 Å². The van der Waals surface area contributed by atoms with Gasteiger partial charge in [-0.3, -0.25) is 0 Å². The van der Waals surface area contributed by atoms with Crippen LogP contribution in [0.3, 0.4) is 0 Å². The van der Waals surface area contributed by atoms with Crippen molar-refractivity contribution < 1.29 is 0 Å². The Labute approximate surface area is 263 Å². The van der Waals surface area contributed by atoms with Crippen molar-refractivity contribution in [3.05, 3.63) is 68.8 Å². The number of aromatic amines is 1. The van der Waals surface area contributed by atoms with E-state index in [9.17, 15) is 0 Å². The van der Waals surface area contributed by atoms with Crippen molar-refractivity contribution in [3.8, 4) is 0 Å². The molecule has 8 bridgehead atoms. The zero-order valence-corrected chi connectivity index (χ0v) is 30.6. The average molecular weight is 656 g/mol. The van der Waals surface area contributed by atoms with E-state index in [1.165, 1.54) is 66.9 Å². The quantitative estimate of drug-likeness (QED) is 0.193. The van der Waals surface area contributed by atoms with Crippen molar-refractivity contribution in [2.24, 2.45) is 0 Å². The summed E-state index contributed by atoms with van der Waals surface area (Å²) in [4.78, 5) is 14.4. The molecule has 5 rings (SSSR count). The number of aromatic nitrogens is 4. The van der Waals surface area contributed by atoms with Crippen molar-refractivity contribution in [1.29, 1.82) is 0 Å². The molecule has 0 amide bonds. The van der Waals surface area contributed by atoms with Gasteiger partial charge in [-0.2, -0.15) is 0 Å². The van der Waals surface area contributed by atoms with Gasteiger partial charge in [0.25, 0.3) is 0 Å². The van der Waals surface area contributed by atoms with Crippen LogP contribution in [0.25, 0.3) is 45.4 Å². The molecule has 0 spiro atoms. The number of nitrogens with one attached hydrogen (secondary N) is 1. The number of H-pyrrole nitrogens is 1. The van der Waals surface area contributed by atoms with Crippen LogP contribution in [-0.4, -0.2) is 43.4 Å². The number of fused-ring (bicyclic) bond motifs is 8. The molecule has 3 aromatic heterocycles. The second-order valence-corrected chi connectivity index (χ2v) is 10.8. The van der Waals surface area contributed by atoms with Gasteiger partial charge >= 0.3 is 23.9 Å². The van der Waals surface area contributed by atoms with Crippen LogP contribution in [0.2, 0.25) is 0 Å². The van der Waals surface area contributed by atoms with Crippen molar-refractivity contribution in [2.75, 3.05) is 0 Å². The molecule has 5 heteroatoms. The summed E-state index contributed by atoms with van der Waals surface area (Å²) in [5.41, 5.74) is 19.3. The zero-order valence-electron chi connectivity index (χ0n) is 26.6. The van der Waals surface area contributed by atoms with Crippen molar-refractivity contribution >= 4 is 69.3 Å². The van der Waals surface area contributed by atoms with Crippen molar-refractivity contribution in [2.45, 2.75) is 107 Å². The molecule has 41 heavy (non-hydrogen) atoms. The fourth-order valence-electron chi connectivity index (χ4n) is 7.06. The minimum atomic E-state index is 0. The van der Waals surface area contributed by atoms with Gasteiger partial charge in [-0.25, -0.2) is 9.97 Å². The predicted octanol–water partition coefficient (Wildman–Crippen LogP) is 8.61.